The molecule has 2 aliphatic rings. The molecule has 110 valence electrons. The van der Waals surface area contributed by atoms with Crippen molar-refractivity contribution in [3.05, 3.63) is 16.6 Å². The number of ether oxygens (including phenoxy) is 2. The normalized spacial score (nSPS) is 19.2. The van der Waals surface area contributed by atoms with E-state index in [1.165, 1.54) is 0 Å². The Morgan fingerprint density at radius 1 is 1.10 bits per heavy atom. The molecular weight excluding hydrogens is 344 g/mol. The number of hydrogen-bond donors (Lipinski definition) is 0. The molecule has 0 unspecified atom stereocenters. The number of anilines is 1. The van der Waals surface area contributed by atoms with Gasteiger partial charge in [-0.25, -0.2) is 0 Å². The fraction of sp³-hybridized carbons (Fsp3) is 0.571. The van der Waals surface area contributed by atoms with Crippen molar-refractivity contribution in [3.8, 4) is 11.5 Å². The molecule has 0 spiro atoms. The second kappa shape index (κ2) is 6.41. The summed E-state index contributed by atoms with van der Waals surface area (Å²) in [5.74, 6) is 2.41. The second-order valence-electron chi connectivity index (χ2n) is 4.97. The van der Waals surface area contributed by atoms with Gasteiger partial charge in [-0.2, -0.15) is 0 Å². The maximum atomic E-state index is 5.81. The molecule has 0 N–H and O–H groups in total. The molecule has 0 saturated carbocycles. The minimum atomic E-state index is 0.617. The summed E-state index contributed by atoms with van der Waals surface area (Å²) < 4.78 is 12.5. The van der Waals surface area contributed by atoms with Crippen LogP contribution in [0, 0.1) is 0 Å². The molecule has 1 saturated heterocycles. The van der Waals surface area contributed by atoms with Gasteiger partial charge in [0, 0.05) is 43.1 Å². The summed E-state index contributed by atoms with van der Waals surface area (Å²) in [5, 5.41) is 0. The fourth-order valence-electron chi connectivity index (χ4n) is 2.67. The smallest absolute Gasteiger partial charge is 0.184 e. The molecule has 0 bridgehead atoms. The Hall–Kier alpha value is -0.650. The van der Waals surface area contributed by atoms with Crippen LogP contribution in [0.25, 0.3) is 0 Å². The lowest BCUT2D eigenvalue weighted by atomic mass is 10.2. The van der Waals surface area contributed by atoms with Crippen molar-refractivity contribution in [1.82, 2.24) is 4.90 Å². The van der Waals surface area contributed by atoms with Crippen LogP contribution >= 0.6 is 27.5 Å². The first-order valence-electron chi connectivity index (χ1n) is 6.90. The third-order valence-corrected chi connectivity index (χ3v) is 4.33. The Bertz CT molecular complexity index is 478. The van der Waals surface area contributed by atoms with E-state index in [0.717, 1.165) is 54.4 Å². The molecule has 0 amide bonds. The molecule has 20 heavy (non-hydrogen) atoms. The van der Waals surface area contributed by atoms with E-state index in [1.807, 2.05) is 6.07 Å². The fourth-order valence-corrected chi connectivity index (χ4v) is 3.33. The van der Waals surface area contributed by atoms with Crippen LogP contribution in [0.5, 0.6) is 11.5 Å². The summed E-state index contributed by atoms with van der Waals surface area (Å²) in [5.41, 5.74) is 1.12. The Morgan fingerprint density at radius 3 is 2.60 bits per heavy atom. The average Bonchev–Trinajstić information content (AvgIpc) is 2.47. The van der Waals surface area contributed by atoms with Gasteiger partial charge in [0.1, 0.15) is 13.2 Å². The largest absolute Gasteiger partial charge is 0.486 e. The summed E-state index contributed by atoms with van der Waals surface area (Å²) in [7, 11) is 0. The van der Waals surface area contributed by atoms with Crippen LogP contribution < -0.4 is 14.4 Å². The Kier molecular flexibility index (Phi) is 4.58. The molecule has 0 radical (unpaired) electrons. The zero-order valence-corrected chi connectivity index (χ0v) is 13.6. The van der Waals surface area contributed by atoms with Crippen LogP contribution in [-0.2, 0) is 0 Å². The average molecular weight is 362 g/mol. The van der Waals surface area contributed by atoms with Crippen molar-refractivity contribution < 1.29 is 9.47 Å². The van der Waals surface area contributed by atoms with Crippen LogP contribution in [0.2, 0.25) is 0 Å². The molecule has 4 nitrogen and oxygen atoms in total. The van der Waals surface area contributed by atoms with Gasteiger partial charge in [0.2, 0.25) is 0 Å². The van der Waals surface area contributed by atoms with E-state index in [1.54, 1.807) is 0 Å². The Labute approximate surface area is 132 Å². The molecule has 2 aliphatic heterocycles. The molecule has 1 aromatic rings. The summed E-state index contributed by atoms with van der Waals surface area (Å²) in [6.45, 7) is 6.25. The first-order valence-corrected chi connectivity index (χ1v) is 8.23. The molecule has 1 fully saturated rings. The molecule has 0 atom stereocenters. The second-order valence-corrected chi connectivity index (χ2v) is 6.26. The van der Waals surface area contributed by atoms with Gasteiger partial charge in [-0.15, -0.1) is 11.6 Å². The highest BCUT2D eigenvalue weighted by atomic mass is 79.9. The summed E-state index contributed by atoms with van der Waals surface area (Å²) in [6.07, 6.45) is 0. The summed E-state index contributed by atoms with van der Waals surface area (Å²) >= 11 is 9.36. The van der Waals surface area contributed by atoms with Crippen LogP contribution in [0.1, 0.15) is 0 Å². The van der Waals surface area contributed by atoms with Gasteiger partial charge < -0.3 is 14.4 Å². The van der Waals surface area contributed by atoms with Crippen molar-refractivity contribution in [3.63, 3.8) is 0 Å². The summed E-state index contributed by atoms with van der Waals surface area (Å²) in [6, 6.07) is 4.09. The molecule has 6 heteroatoms. The van der Waals surface area contributed by atoms with E-state index >= 15 is 0 Å². The van der Waals surface area contributed by atoms with Gasteiger partial charge in [0.15, 0.2) is 11.5 Å². The Balaban J connectivity index is 1.79. The van der Waals surface area contributed by atoms with E-state index in [9.17, 15) is 0 Å². The molecule has 2 heterocycles. The van der Waals surface area contributed by atoms with Crippen LogP contribution in [-0.4, -0.2) is 56.7 Å². The third-order valence-electron chi connectivity index (χ3n) is 3.70. The van der Waals surface area contributed by atoms with Gasteiger partial charge in [-0.05, 0) is 12.1 Å². The highest BCUT2D eigenvalue weighted by Gasteiger charge is 2.24. The van der Waals surface area contributed by atoms with E-state index < -0.39 is 0 Å². The number of piperazine rings is 1. The highest BCUT2D eigenvalue weighted by molar-refractivity contribution is 9.10. The molecule has 3 rings (SSSR count). The number of halogens is 2. The number of rotatable bonds is 3. The number of hydrogen-bond acceptors (Lipinski definition) is 4. The minimum absolute atomic E-state index is 0.617. The quantitative estimate of drug-likeness (QED) is 0.773. The van der Waals surface area contributed by atoms with E-state index in [2.05, 4.69) is 31.8 Å². The van der Waals surface area contributed by atoms with E-state index in [4.69, 9.17) is 21.1 Å². The van der Waals surface area contributed by atoms with Gasteiger partial charge in [-0.1, -0.05) is 15.9 Å². The maximum Gasteiger partial charge on any atom is 0.184 e. The number of nitrogens with zero attached hydrogens (tertiary/aromatic N) is 2. The first-order chi connectivity index (χ1) is 9.78. The highest BCUT2D eigenvalue weighted by Crippen LogP contribution is 2.42. The molecule has 0 aliphatic carbocycles. The number of benzene rings is 1. The van der Waals surface area contributed by atoms with E-state index in [0.29, 0.717) is 19.1 Å². The van der Waals surface area contributed by atoms with Crippen LogP contribution in [0.4, 0.5) is 5.69 Å². The van der Waals surface area contributed by atoms with Gasteiger partial charge in [0.05, 0.1) is 5.69 Å². The predicted molar refractivity (Wildman–Crippen MR) is 84.5 cm³/mol. The van der Waals surface area contributed by atoms with Gasteiger partial charge >= 0.3 is 0 Å². The zero-order chi connectivity index (χ0) is 13.9. The van der Waals surface area contributed by atoms with Crippen molar-refractivity contribution in [2.45, 2.75) is 0 Å². The lowest BCUT2D eigenvalue weighted by molar-refractivity contribution is 0.171. The van der Waals surface area contributed by atoms with E-state index in [-0.39, 0.29) is 0 Å². The standard InChI is InChI=1S/C14H18BrClN2O2/c15-11-9-12(14-13(10-11)19-7-8-20-14)18-5-3-17(2-1-16)4-6-18/h9-10H,1-8H2. The summed E-state index contributed by atoms with van der Waals surface area (Å²) in [4.78, 5) is 4.76. The first kappa shape index (κ1) is 14.3. The predicted octanol–water partition coefficient (Wildman–Crippen LogP) is 2.58. The minimum Gasteiger partial charge on any atom is -0.486 e. The van der Waals surface area contributed by atoms with Crippen molar-refractivity contribution in [1.29, 1.82) is 0 Å². The maximum absolute atomic E-state index is 5.81. The molecule has 1 aromatic carbocycles. The SMILES string of the molecule is ClCCN1CCN(c2cc(Br)cc3c2OCCO3)CC1. The topological polar surface area (TPSA) is 24.9 Å². The van der Waals surface area contributed by atoms with Gasteiger partial charge in [0.25, 0.3) is 0 Å². The zero-order valence-electron chi connectivity index (χ0n) is 11.3. The van der Waals surface area contributed by atoms with Crippen molar-refractivity contribution in [2.75, 3.05) is 56.7 Å². The van der Waals surface area contributed by atoms with Crippen molar-refractivity contribution in [2.24, 2.45) is 0 Å². The Morgan fingerprint density at radius 2 is 1.85 bits per heavy atom. The third kappa shape index (κ3) is 3.00. The monoisotopic (exact) mass is 360 g/mol. The molecular formula is C14H18BrClN2O2. The van der Waals surface area contributed by atoms with Crippen LogP contribution in [0.3, 0.4) is 0 Å². The van der Waals surface area contributed by atoms with Gasteiger partial charge in [-0.3, -0.25) is 4.90 Å². The molecule has 0 aromatic heterocycles. The number of fused-ring (bicyclic) bond motifs is 1. The van der Waals surface area contributed by atoms with Crippen molar-refractivity contribution >= 4 is 33.2 Å². The lowest BCUT2D eigenvalue weighted by Crippen LogP contribution is -2.47. The lowest BCUT2D eigenvalue weighted by Gasteiger charge is -2.37. The number of alkyl halides is 1. The van der Waals surface area contributed by atoms with Crippen LogP contribution in [0.15, 0.2) is 16.6 Å².